The van der Waals surface area contributed by atoms with E-state index < -0.39 is 0 Å². The molecule has 28 heavy (non-hydrogen) atoms. The first-order chi connectivity index (χ1) is 13.7. The number of halogens is 2. The van der Waals surface area contributed by atoms with Gasteiger partial charge in [0, 0.05) is 5.56 Å². The van der Waals surface area contributed by atoms with E-state index >= 15 is 4.39 Å². The van der Waals surface area contributed by atoms with Gasteiger partial charge in [-0.15, -0.1) is 6.58 Å². The van der Waals surface area contributed by atoms with Crippen LogP contribution in [0.25, 0.3) is 11.1 Å². The fourth-order valence-corrected chi connectivity index (χ4v) is 5.39. The van der Waals surface area contributed by atoms with Gasteiger partial charge in [-0.05, 0) is 91.5 Å². The summed E-state index contributed by atoms with van der Waals surface area (Å²) in [6.07, 6.45) is 12.8. The molecule has 148 valence electrons. The van der Waals surface area contributed by atoms with Crippen LogP contribution in [0, 0.1) is 29.4 Å². The molecule has 2 aliphatic rings. The average molecular weight is 381 g/mol. The highest BCUT2D eigenvalue weighted by Gasteiger charge is 2.31. The second-order valence-corrected chi connectivity index (χ2v) is 8.72. The van der Waals surface area contributed by atoms with Crippen LogP contribution in [0.15, 0.2) is 49.1 Å². The van der Waals surface area contributed by atoms with Gasteiger partial charge in [-0.2, -0.15) is 0 Å². The Hall–Kier alpha value is -1.96. The molecule has 2 aromatic rings. The van der Waals surface area contributed by atoms with E-state index in [4.69, 9.17) is 0 Å². The molecule has 0 nitrogen and oxygen atoms in total. The normalized spacial score (nSPS) is 24.6. The molecule has 0 bridgehead atoms. The first-order valence-corrected chi connectivity index (χ1v) is 10.8. The summed E-state index contributed by atoms with van der Waals surface area (Å²) in [5.41, 5.74) is 3.42. The second-order valence-electron chi connectivity index (χ2n) is 8.72. The highest BCUT2D eigenvalue weighted by atomic mass is 19.1. The third-order valence-corrected chi connectivity index (χ3v) is 7.08. The largest absolute Gasteiger partial charge is 0.207 e. The Kier molecular flexibility index (Phi) is 5.94. The van der Waals surface area contributed by atoms with Crippen molar-refractivity contribution in [2.45, 2.75) is 57.8 Å². The lowest BCUT2D eigenvalue weighted by atomic mass is 9.69. The third kappa shape index (κ3) is 4.06. The molecule has 1 saturated carbocycles. The van der Waals surface area contributed by atoms with E-state index in [1.807, 2.05) is 12.1 Å². The van der Waals surface area contributed by atoms with Crippen molar-refractivity contribution in [3.8, 4) is 11.1 Å². The van der Waals surface area contributed by atoms with Crippen molar-refractivity contribution in [3.63, 3.8) is 0 Å². The van der Waals surface area contributed by atoms with Crippen molar-refractivity contribution in [2.24, 2.45) is 17.8 Å². The van der Waals surface area contributed by atoms with Gasteiger partial charge in [0.2, 0.25) is 0 Å². The number of hydrogen-bond acceptors (Lipinski definition) is 0. The van der Waals surface area contributed by atoms with Gasteiger partial charge in [-0.25, -0.2) is 8.78 Å². The van der Waals surface area contributed by atoms with Gasteiger partial charge in [0.05, 0.1) is 0 Å². The van der Waals surface area contributed by atoms with Crippen LogP contribution >= 0.6 is 0 Å². The molecule has 4 rings (SSSR count). The number of allylic oxidation sites excluding steroid dienone is 1. The molecular formula is C26H30F2. The van der Waals surface area contributed by atoms with E-state index in [0.29, 0.717) is 11.5 Å². The summed E-state index contributed by atoms with van der Waals surface area (Å²) in [5.74, 6) is 1.98. The molecule has 0 saturated heterocycles. The summed E-state index contributed by atoms with van der Waals surface area (Å²) in [5, 5.41) is 0. The van der Waals surface area contributed by atoms with Gasteiger partial charge < -0.3 is 0 Å². The zero-order valence-corrected chi connectivity index (χ0v) is 16.6. The summed E-state index contributed by atoms with van der Waals surface area (Å²) in [6, 6.07) is 10.1. The Balaban J connectivity index is 1.44. The van der Waals surface area contributed by atoms with Crippen molar-refractivity contribution in [1.82, 2.24) is 0 Å². The maximum absolute atomic E-state index is 15.2. The van der Waals surface area contributed by atoms with E-state index in [-0.39, 0.29) is 11.6 Å². The van der Waals surface area contributed by atoms with Gasteiger partial charge in [0.1, 0.15) is 11.6 Å². The summed E-state index contributed by atoms with van der Waals surface area (Å²) in [6.45, 7) is 3.84. The van der Waals surface area contributed by atoms with Gasteiger partial charge in [-0.1, -0.05) is 43.2 Å². The lowest BCUT2D eigenvalue weighted by Gasteiger charge is -2.36. The molecule has 0 N–H and O–H groups in total. The molecule has 0 spiro atoms. The smallest absolute Gasteiger partial charge is 0.134 e. The highest BCUT2D eigenvalue weighted by molar-refractivity contribution is 5.66. The Morgan fingerprint density at radius 3 is 2.36 bits per heavy atom. The van der Waals surface area contributed by atoms with E-state index in [1.54, 1.807) is 12.1 Å². The first-order valence-electron chi connectivity index (χ1n) is 10.8. The van der Waals surface area contributed by atoms with Crippen molar-refractivity contribution >= 4 is 0 Å². The van der Waals surface area contributed by atoms with Crippen LogP contribution < -0.4 is 0 Å². The molecule has 0 radical (unpaired) electrons. The Morgan fingerprint density at radius 1 is 0.893 bits per heavy atom. The first kappa shape index (κ1) is 19.4. The van der Waals surface area contributed by atoms with E-state index in [2.05, 4.69) is 12.6 Å². The molecule has 0 aromatic heterocycles. The standard InChI is InChI=1S/C26H30F2/c1-2-3-4-18-5-7-19(8-6-18)21-11-15-25-22(17-21)12-16-24(26(25)28)20-9-13-23(27)14-10-20/h2,9-10,12-14,16,18-19,21H,1,3-8,11,15,17H2. The summed E-state index contributed by atoms with van der Waals surface area (Å²) in [4.78, 5) is 0. The Labute approximate surface area is 167 Å². The van der Waals surface area contributed by atoms with Crippen molar-refractivity contribution in [2.75, 3.05) is 0 Å². The van der Waals surface area contributed by atoms with E-state index in [1.165, 1.54) is 49.8 Å². The number of benzene rings is 2. The minimum Gasteiger partial charge on any atom is -0.207 e. The number of rotatable bonds is 5. The molecule has 0 aliphatic heterocycles. The highest BCUT2D eigenvalue weighted by Crippen LogP contribution is 2.42. The van der Waals surface area contributed by atoms with Crippen LogP contribution in [-0.4, -0.2) is 0 Å². The Bertz CT molecular complexity index is 813. The van der Waals surface area contributed by atoms with Crippen molar-refractivity contribution in [1.29, 1.82) is 0 Å². The Morgan fingerprint density at radius 2 is 1.64 bits per heavy atom. The summed E-state index contributed by atoms with van der Waals surface area (Å²) >= 11 is 0. The van der Waals surface area contributed by atoms with Crippen molar-refractivity contribution < 1.29 is 8.78 Å². The topological polar surface area (TPSA) is 0 Å². The quantitative estimate of drug-likeness (QED) is 0.471. The van der Waals surface area contributed by atoms with Crippen LogP contribution in [0.3, 0.4) is 0 Å². The molecule has 0 heterocycles. The van der Waals surface area contributed by atoms with Gasteiger partial charge >= 0.3 is 0 Å². The zero-order chi connectivity index (χ0) is 19.5. The maximum Gasteiger partial charge on any atom is 0.134 e. The lowest BCUT2D eigenvalue weighted by molar-refractivity contribution is 0.184. The van der Waals surface area contributed by atoms with Crippen LogP contribution in [0.2, 0.25) is 0 Å². The predicted octanol–water partition coefficient (Wildman–Crippen LogP) is 7.51. The molecule has 2 aliphatic carbocycles. The zero-order valence-electron chi connectivity index (χ0n) is 16.6. The van der Waals surface area contributed by atoms with Gasteiger partial charge in [0.15, 0.2) is 0 Å². The van der Waals surface area contributed by atoms with Crippen LogP contribution in [0.4, 0.5) is 8.78 Å². The maximum atomic E-state index is 15.2. The number of hydrogen-bond donors (Lipinski definition) is 0. The van der Waals surface area contributed by atoms with E-state index in [9.17, 15) is 4.39 Å². The monoisotopic (exact) mass is 380 g/mol. The molecular weight excluding hydrogens is 350 g/mol. The SMILES string of the molecule is C=CCCC1CCC(C2CCc3c(ccc(-c4ccc(F)cc4)c3F)C2)CC1. The predicted molar refractivity (Wildman–Crippen MR) is 112 cm³/mol. The molecule has 2 heteroatoms. The minimum absolute atomic E-state index is 0.101. The fourth-order valence-electron chi connectivity index (χ4n) is 5.39. The average Bonchev–Trinajstić information content (AvgIpc) is 2.73. The molecule has 1 atom stereocenters. The van der Waals surface area contributed by atoms with E-state index in [0.717, 1.165) is 48.6 Å². The van der Waals surface area contributed by atoms with Crippen LogP contribution in [0.1, 0.15) is 56.1 Å². The third-order valence-electron chi connectivity index (χ3n) is 7.08. The van der Waals surface area contributed by atoms with Crippen LogP contribution in [0.5, 0.6) is 0 Å². The summed E-state index contributed by atoms with van der Waals surface area (Å²) < 4.78 is 28.4. The summed E-state index contributed by atoms with van der Waals surface area (Å²) in [7, 11) is 0. The second kappa shape index (κ2) is 8.59. The number of fused-ring (bicyclic) bond motifs is 1. The van der Waals surface area contributed by atoms with Crippen molar-refractivity contribution in [3.05, 3.63) is 71.8 Å². The van der Waals surface area contributed by atoms with Gasteiger partial charge in [0.25, 0.3) is 0 Å². The van der Waals surface area contributed by atoms with Crippen LogP contribution in [-0.2, 0) is 12.8 Å². The van der Waals surface area contributed by atoms with Gasteiger partial charge in [-0.3, -0.25) is 0 Å². The molecule has 1 unspecified atom stereocenters. The lowest BCUT2D eigenvalue weighted by Crippen LogP contribution is -2.27. The minimum atomic E-state index is -0.288. The molecule has 0 amide bonds. The molecule has 2 aromatic carbocycles. The fraction of sp³-hybridized carbons (Fsp3) is 0.462. The molecule has 1 fully saturated rings.